The van der Waals surface area contributed by atoms with Crippen LogP contribution in [0.15, 0.2) is 72.8 Å². The molecule has 1 amide bonds. The smallest absolute Gasteiger partial charge is 0.323 e. The maximum absolute atomic E-state index is 13.0. The number of carbonyl (C=O) groups excluding carboxylic acids is 2. The van der Waals surface area contributed by atoms with E-state index in [2.05, 4.69) is 34.5 Å². The first-order valence-electron chi connectivity index (χ1n) is 15.5. The first kappa shape index (κ1) is 31.9. The van der Waals surface area contributed by atoms with Crippen molar-refractivity contribution in [2.45, 2.75) is 90.2 Å². The van der Waals surface area contributed by atoms with Crippen molar-refractivity contribution < 1.29 is 28.9 Å². The largest absolute Gasteiger partial charge is 0.459 e. The van der Waals surface area contributed by atoms with E-state index in [0.29, 0.717) is 19.5 Å². The molecule has 2 N–H and O–H groups in total. The first-order valence-corrected chi connectivity index (χ1v) is 15.5. The molecule has 8 heteroatoms. The lowest BCUT2D eigenvalue weighted by Gasteiger charge is -2.38. The first-order chi connectivity index (χ1) is 21.1. The molecule has 0 unspecified atom stereocenters. The second-order valence-electron chi connectivity index (χ2n) is 12.8. The molecule has 0 spiro atoms. The van der Waals surface area contributed by atoms with Gasteiger partial charge in [-0.2, -0.15) is 0 Å². The van der Waals surface area contributed by atoms with Gasteiger partial charge in [-0.1, -0.05) is 60.7 Å². The molecule has 234 valence electrons. The summed E-state index contributed by atoms with van der Waals surface area (Å²) in [6.45, 7) is 9.08. The Bertz CT molecular complexity index is 1430. The number of rotatable bonds is 9. The molecular formula is C36H44N2O6. The molecule has 5 rings (SSSR count). The number of nitrogens with one attached hydrogen (secondary N) is 1. The van der Waals surface area contributed by atoms with Crippen LogP contribution in [0.4, 0.5) is 0 Å². The van der Waals surface area contributed by atoms with Crippen molar-refractivity contribution in [2.24, 2.45) is 0 Å². The standard InChI is InChI=1S/C36H44N2O6/c1-24(40)37-21-26-8-5-9-28(18-26)29-10-6-11-30(19-29)35-42-31(20-33(43-35)27-15-13-25(23-39)14-16-27)22-38-17-7-12-32(38)34(41)44-36(2,3)4/h5-6,8-11,13-16,18-19,31-33,35,39H,7,12,17,20-23H2,1-4H3,(H,37,40)/t31-,32-,33+,35+/m0/s1. The van der Waals surface area contributed by atoms with Crippen LogP contribution in [-0.4, -0.2) is 52.7 Å². The van der Waals surface area contributed by atoms with E-state index in [1.807, 2.05) is 69.3 Å². The number of benzene rings is 3. The summed E-state index contributed by atoms with van der Waals surface area (Å²) in [7, 11) is 0. The van der Waals surface area contributed by atoms with Crippen LogP contribution in [0.2, 0.25) is 0 Å². The number of likely N-dealkylation sites (tertiary alicyclic amines) is 1. The van der Waals surface area contributed by atoms with Gasteiger partial charge in [0.1, 0.15) is 11.6 Å². The Balaban J connectivity index is 1.38. The summed E-state index contributed by atoms with van der Waals surface area (Å²) < 4.78 is 19.0. The van der Waals surface area contributed by atoms with Crippen molar-refractivity contribution in [1.29, 1.82) is 0 Å². The van der Waals surface area contributed by atoms with Gasteiger partial charge in [-0.25, -0.2) is 0 Å². The molecule has 3 aromatic rings. The Kier molecular flexibility index (Phi) is 10.2. The lowest BCUT2D eigenvalue weighted by atomic mass is 9.98. The molecular weight excluding hydrogens is 556 g/mol. The van der Waals surface area contributed by atoms with Gasteiger partial charge < -0.3 is 24.6 Å². The van der Waals surface area contributed by atoms with Crippen LogP contribution in [0.1, 0.15) is 81.6 Å². The SMILES string of the molecule is CC(=O)NCc1cccc(-c2cccc([C@@H]3O[C@H](CN4CCC[C@H]4C(=O)OC(C)(C)C)C[C@H](c4ccc(CO)cc4)O3)c2)c1. The monoisotopic (exact) mass is 600 g/mol. The summed E-state index contributed by atoms with van der Waals surface area (Å²) >= 11 is 0. The topological polar surface area (TPSA) is 97.3 Å². The number of esters is 1. The second kappa shape index (κ2) is 14.0. The van der Waals surface area contributed by atoms with Crippen molar-refractivity contribution in [2.75, 3.05) is 13.1 Å². The summed E-state index contributed by atoms with van der Waals surface area (Å²) in [5.41, 5.74) is 5.31. The predicted octanol–water partition coefficient (Wildman–Crippen LogP) is 5.83. The van der Waals surface area contributed by atoms with Crippen molar-refractivity contribution in [3.05, 3.63) is 95.1 Å². The van der Waals surface area contributed by atoms with Crippen molar-refractivity contribution in [1.82, 2.24) is 10.2 Å². The molecule has 8 nitrogen and oxygen atoms in total. The quantitative estimate of drug-likeness (QED) is 0.298. The number of nitrogens with zero attached hydrogens (tertiary/aromatic N) is 1. The zero-order valence-corrected chi connectivity index (χ0v) is 26.1. The minimum atomic E-state index is -0.610. The van der Waals surface area contributed by atoms with E-state index >= 15 is 0 Å². The fourth-order valence-corrected chi connectivity index (χ4v) is 5.93. The van der Waals surface area contributed by atoms with Gasteiger partial charge in [-0.3, -0.25) is 14.5 Å². The molecule has 0 aliphatic carbocycles. The normalized spacial score (nSPS) is 22.5. The lowest BCUT2D eigenvalue weighted by molar-refractivity contribution is -0.253. The van der Waals surface area contributed by atoms with Gasteiger partial charge in [0.2, 0.25) is 5.91 Å². The molecule has 0 aromatic heterocycles. The van der Waals surface area contributed by atoms with Gasteiger partial charge in [0.25, 0.3) is 0 Å². The van der Waals surface area contributed by atoms with Crippen LogP contribution < -0.4 is 5.32 Å². The van der Waals surface area contributed by atoms with Crippen LogP contribution >= 0.6 is 0 Å². The third-order valence-electron chi connectivity index (χ3n) is 8.06. The summed E-state index contributed by atoms with van der Waals surface area (Å²) in [5.74, 6) is -0.242. The van der Waals surface area contributed by atoms with Crippen molar-refractivity contribution >= 4 is 11.9 Å². The van der Waals surface area contributed by atoms with Crippen LogP contribution in [0, 0.1) is 0 Å². The maximum atomic E-state index is 13.0. The molecule has 44 heavy (non-hydrogen) atoms. The van der Waals surface area contributed by atoms with Crippen LogP contribution in [-0.2, 0) is 37.0 Å². The van der Waals surface area contributed by atoms with Gasteiger partial charge in [-0.15, -0.1) is 0 Å². The number of carbonyl (C=O) groups is 2. The summed E-state index contributed by atoms with van der Waals surface area (Å²) in [5, 5.41) is 12.4. The molecule has 2 saturated heterocycles. The Morgan fingerprint density at radius 3 is 2.39 bits per heavy atom. The highest BCUT2D eigenvalue weighted by Gasteiger charge is 2.39. The molecule has 2 heterocycles. The molecule has 2 fully saturated rings. The Labute approximate surface area is 260 Å². The number of aliphatic hydroxyl groups excluding tert-OH is 1. The minimum Gasteiger partial charge on any atom is -0.459 e. The average Bonchev–Trinajstić information content (AvgIpc) is 3.47. The maximum Gasteiger partial charge on any atom is 0.323 e. The molecule has 0 radical (unpaired) electrons. The van der Waals surface area contributed by atoms with Crippen molar-refractivity contribution in [3.63, 3.8) is 0 Å². The Morgan fingerprint density at radius 1 is 0.955 bits per heavy atom. The minimum absolute atomic E-state index is 0.0139. The fourth-order valence-electron chi connectivity index (χ4n) is 5.93. The van der Waals surface area contributed by atoms with Crippen LogP contribution in [0.5, 0.6) is 0 Å². The average molecular weight is 601 g/mol. The van der Waals surface area contributed by atoms with Gasteiger partial charge in [0.05, 0.1) is 18.8 Å². The van der Waals surface area contributed by atoms with E-state index in [9.17, 15) is 14.7 Å². The van der Waals surface area contributed by atoms with E-state index in [4.69, 9.17) is 14.2 Å². The van der Waals surface area contributed by atoms with Gasteiger partial charge in [0, 0.05) is 32.0 Å². The lowest BCUT2D eigenvalue weighted by Crippen LogP contribution is -2.45. The van der Waals surface area contributed by atoms with Crippen LogP contribution in [0.25, 0.3) is 11.1 Å². The molecule has 0 saturated carbocycles. The molecule has 2 aliphatic heterocycles. The highest BCUT2D eigenvalue weighted by molar-refractivity contribution is 5.76. The number of ether oxygens (including phenoxy) is 3. The number of hydrogen-bond acceptors (Lipinski definition) is 7. The molecule has 4 atom stereocenters. The molecule has 2 aliphatic rings. The number of amides is 1. The fraction of sp³-hybridized carbons (Fsp3) is 0.444. The van der Waals surface area contributed by atoms with E-state index in [1.165, 1.54) is 6.92 Å². The Hall–Kier alpha value is -3.56. The number of hydrogen-bond donors (Lipinski definition) is 2. The predicted molar refractivity (Wildman–Crippen MR) is 168 cm³/mol. The zero-order chi connectivity index (χ0) is 31.3. The van der Waals surface area contributed by atoms with Gasteiger partial charge in [0.15, 0.2) is 6.29 Å². The summed E-state index contributed by atoms with van der Waals surface area (Å²) in [6, 6.07) is 23.9. The van der Waals surface area contributed by atoms with E-state index in [-0.39, 0.29) is 36.7 Å². The van der Waals surface area contributed by atoms with Gasteiger partial charge in [-0.05, 0) is 80.1 Å². The van der Waals surface area contributed by atoms with Crippen molar-refractivity contribution in [3.8, 4) is 11.1 Å². The summed E-state index contributed by atoms with van der Waals surface area (Å²) in [4.78, 5) is 26.7. The Morgan fingerprint density at radius 2 is 1.68 bits per heavy atom. The third kappa shape index (κ3) is 8.33. The van der Waals surface area contributed by atoms with E-state index < -0.39 is 11.9 Å². The van der Waals surface area contributed by atoms with E-state index in [0.717, 1.165) is 52.8 Å². The zero-order valence-electron chi connectivity index (χ0n) is 26.1. The highest BCUT2D eigenvalue weighted by atomic mass is 16.7. The van der Waals surface area contributed by atoms with Crippen LogP contribution in [0.3, 0.4) is 0 Å². The summed E-state index contributed by atoms with van der Waals surface area (Å²) in [6.07, 6.45) is 1.34. The molecule has 3 aromatic carbocycles. The second-order valence-corrected chi connectivity index (χ2v) is 12.8. The highest BCUT2D eigenvalue weighted by Crippen LogP contribution is 2.39. The van der Waals surface area contributed by atoms with Gasteiger partial charge >= 0.3 is 5.97 Å². The number of aliphatic hydroxyl groups is 1. The molecule has 0 bridgehead atoms. The third-order valence-corrected chi connectivity index (χ3v) is 8.06. The van der Waals surface area contributed by atoms with E-state index in [1.54, 1.807) is 0 Å².